The zero-order chi connectivity index (χ0) is 17.9. The lowest BCUT2D eigenvalue weighted by atomic mass is 9.93. The highest BCUT2D eigenvalue weighted by Crippen LogP contribution is 2.34. The van der Waals surface area contributed by atoms with E-state index in [1.807, 2.05) is 26.0 Å². The molecule has 0 radical (unpaired) electrons. The molecule has 24 heavy (non-hydrogen) atoms. The predicted octanol–water partition coefficient (Wildman–Crippen LogP) is 5.47. The Bertz CT molecular complexity index is 723. The summed E-state index contributed by atoms with van der Waals surface area (Å²) >= 11 is 3.47. The number of halogens is 1. The summed E-state index contributed by atoms with van der Waals surface area (Å²) in [6.07, 6.45) is 0.820. The van der Waals surface area contributed by atoms with Crippen LogP contribution in [0.5, 0.6) is 11.5 Å². The summed E-state index contributed by atoms with van der Waals surface area (Å²) in [7, 11) is 1.62. The van der Waals surface area contributed by atoms with Crippen molar-refractivity contribution < 1.29 is 14.6 Å². The van der Waals surface area contributed by atoms with Crippen LogP contribution in [-0.2, 0) is 11.2 Å². The highest BCUT2D eigenvalue weighted by molar-refractivity contribution is 9.10. The van der Waals surface area contributed by atoms with E-state index in [1.165, 1.54) is 16.7 Å². The molecule has 2 rings (SSSR count). The van der Waals surface area contributed by atoms with Crippen LogP contribution in [0.2, 0.25) is 0 Å². The van der Waals surface area contributed by atoms with E-state index in [2.05, 4.69) is 41.9 Å². The van der Waals surface area contributed by atoms with E-state index in [9.17, 15) is 5.11 Å². The number of rotatable bonds is 6. The summed E-state index contributed by atoms with van der Waals surface area (Å²) < 4.78 is 11.5. The van der Waals surface area contributed by atoms with E-state index in [1.54, 1.807) is 7.11 Å². The normalized spacial score (nSPS) is 11.1. The fraction of sp³-hybridized carbons (Fsp3) is 0.400. The highest BCUT2D eigenvalue weighted by atomic mass is 79.9. The number of aromatic hydroxyl groups is 1. The quantitative estimate of drug-likeness (QED) is 0.662. The average molecular weight is 393 g/mol. The van der Waals surface area contributed by atoms with Crippen LogP contribution in [0.1, 0.15) is 47.6 Å². The van der Waals surface area contributed by atoms with E-state index in [4.69, 9.17) is 9.47 Å². The SMILES string of the molecule is COCOc1ccc(Cc2c(C)cc(O)c(Br)c2C)cc1C(C)C. The van der Waals surface area contributed by atoms with Crippen LogP contribution in [0.4, 0.5) is 0 Å². The smallest absolute Gasteiger partial charge is 0.188 e. The van der Waals surface area contributed by atoms with Gasteiger partial charge in [0.25, 0.3) is 0 Å². The van der Waals surface area contributed by atoms with Crippen LogP contribution in [0.3, 0.4) is 0 Å². The maximum atomic E-state index is 9.93. The largest absolute Gasteiger partial charge is 0.507 e. The van der Waals surface area contributed by atoms with Gasteiger partial charge in [-0.15, -0.1) is 0 Å². The molecule has 4 heteroatoms. The third-order valence-electron chi connectivity index (χ3n) is 4.25. The number of hydrogen-bond acceptors (Lipinski definition) is 3. The summed E-state index contributed by atoms with van der Waals surface area (Å²) in [5.74, 6) is 1.53. The second-order valence-corrected chi connectivity index (χ2v) is 7.18. The van der Waals surface area contributed by atoms with Crippen LogP contribution in [0.15, 0.2) is 28.7 Å². The second-order valence-electron chi connectivity index (χ2n) is 6.38. The van der Waals surface area contributed by atoms with Crippen LogP contribution in [0, 0.1) is 13.8 Å². The van der Waals surface area contributed by atoms with Crippen molar-refractivity contribution in [3.8, 4) is 11.5 Å². The van der Waals surface area contributed by atoms with Crippen molar-refractivity contribution in [3.63, 3.8) is 0 Å². The van der Waals surface area contributed by atoms with Gasteiger partial charge in [-0.05, 0) is 82.1 Å². The molecular formula is C20H25BrO3. The summed E-state index contributed by atoms with van der Waals surface area (Å²) in [5, 5.41) is 9.93. The van der Waals surface area contributed by atoms with Gasteiger partial charge in [0.2, 0.25) is 0 Å². The van der Waals surface area contributed by atoms with E-state index < -0.39 is 0 Å². The first kappa shape index (κ1) is 18.8. The minimum atomic E-state index is 0.252. The fourth-order valence-electron chi connectivity index (χ4n) is 2.86. The first-order valence-corrected chi connectivity index (χ1v) is 8.86. The number of ether oxygens (including phenoxy) is 2. The molecule has 0 aromatic heterocycles. The molecule has 0 amide bonds. The second kappa shape index (κ2) is 8.04. The Kier molecular flexibility index (Phi) is 6.30. The summed E-state index contributed by atoms with van der Waals surface area (Å²) in [6, 6.07) is 8.13. The highest BCUT2D eigenvalue weighted by Gasteiger charge is 2.14. The van der Waals surface area contributed by atoms with Gasteiger partial charge in [-0.1, -0.05) is 26.0 Å². The monoisotopic (exact) mass is 392 g/mol. The number of phenolic OH excluding ortho intramolecular Hbond substituents is 1. The lowest BCUT2D eigenvalue weighted by Crippen LogP contribution is -2.04. The molecule has 0 aliphatic carbocycles. The van der Waals surface area contributed by atoms with Crippen LogP contribution in [0.25, 0.3) is 0 Å². The van der Waals surface area contributed by atoms with E-state index >= 15 is 0 Å². The van der Waals surface area contributed by atoms with Gasteiger partial charge in [0.1, 0.15) is 11.5 Å². The molecule has 0 spiro atoms. The molecule has 0 heterocycles. The fourth-order valence-corrected chi connectivity index (χ4v) is 3.22. The van der Waals surface area contributed by atoms with Gasteiger partial charge in [-0.25, -0.2) is 0 Å². The van der Waals surface area contributed by atoms with Crippen molar-refractivity contribution >= 4 is 15.9 Å². The molecule has 0 saturated heterocycles. The Labute approximate surface area is 152 Å². The van der Waals surface area contributed by atoms with Crippen molar-refractivity contribution in [2.45, 2.75) is 40.0 Å². The number of phenols is 1. The first-order valence-electron chi connectivity index (χ1n) is 8.07. The average Bonchev–Trinajstić information content (AvgIpc) is 2.55. The first-order chi connectivity index (χ1) is 11.3. The molecule has 0 aliphatic heterocycles. The van der Waals surface area contributed by atoms with Gasteiger partial charge in [0, 0.05) is 7.11 Å². The van der Waals surface area contributed by atoms with E-state index in [0.29, 0.717) is 11.7 Å². The Morgan fingerprint density at radius 2 is 1.88 bits per heavy atom. The van der Waals surface area contributed by atoms with Crippen molar-refractivity contribution in [1.82, 2.24) is 0 Å². The molecule has 0 bridgehead atoms. The van der Waals surface area contributed by atoms with Crippen LogP contribution < -0.4 is 4.74 Å². The van der Waals surface area contributed by atoms with Gasteiger partial charge >= 0.3 is 0 Å². The Hall–Kier alpha value is -1.52. The third-order valence-corrected chi connectivity index (χ3v) is 5.25. The third kappa shape index (κ3) is 4.11. The Morgan fingerprint density at radius 1 is 1.17 bits per heavy atom. The van der Waals surface area contributed by atoms with Crippen LogP contribution >= 0.6 is 15.9 Å². The maximum absolute atomic E-state index is 9.93. The topological polar surface area (TPSA) is 38.7 Å². The summed E-state index contributed by atoms with van der Waals surface area (Å²) in [4.78, 5) is 0. The molecule has 2 aromatic rings. The van der Waals surface area contributed by atoms with Crippen molar-refractivity contribution in [2.75, 3.05) is 13.9 Å². The summed E-state index contributed by atoms with van der Waals surface area (Å²) in [6.45, 7) is 8.64. The van der Waals surface area contributed by atoms with Gasteiger partial charge in [-0.3, -0.25) is 0 Å². The predicted molar refractivity (Wildman–Crippen MR) is 101 cm³/mol. The van der Waals surface area contributed by atoms with Gasteiger partial charge in [0.05, 0.1) is 4.47 Å². The van der Waals surface area contributed by atoms with Crippen molar-refractivity contribution in [2.24, 2.45) is 0 Å². The minimum Gasteiger partial charge on any atom is -0.507 e. The number of hydrogen-bond donors (Lipinski definition) is 1. The molecule has 2 aromatic carbocycles. The van der Waals surface area contributed by atoms with Crippen LogP contribution in [-0.4, -0.2) is 19.0 Å². The number of aryl methyl sites for hydroxylation is 1. The molecule has 0 fully saturated rings. The standard InChI is InChI=1S/C20H25BrO3/c1-12(2)16-9-15(6-7-19(16)24-11-23-5)10-17-13(3)8-18(22)20(21)14(17)4/h6-9,12,22H,10-11H2,1-5H3. The van der Waals surface area contributed by atoms with Crippen molar-refractivity contribution in [1.29, 1.82) is 0 Å². The number of benzene rings is 2. The summed E-state index contributed by atoms with van der Waals surface area (Å²) in [5.41, 5.74) is 5.82. The van der Waals surface area contributed by atoms with Gasteiger partial charge in [0.15, 0.2) is 6.79 Å². The zero-order valence-electron chi connectivity index (χ0n) is 14.9. The molecular weight excluding hydrogens is 368 g/mol. The molecule has 0 saturated carbocycles. The molecule has 0 aliphatic rings. The molecule has 3 nitrogen and oxygen atoms in total. The molecule has 0 atom stereocenters. The van der Waals surface area contributed by atoms with E-state index in [0.717, 1.165) is 27.8 Å². The Morgan fingerprint density at radius 3 is 2.50 bits per heavy atom. The van der Waals surface area contributed by atoms with Gasteiger partial charge in [-0.2, -0.15) is 0 Å². The molecule has 1 N–H and O–H groups in total. The lowest BCUT2D eigenvalue weighted by molar-refractivity contribution is 0.0502. The zero-order valence-corrected chi connectivity index (χ0v) is 16.5. The number of methoxy groups -OCH3 is 1. The maximum Gasteiger partial charge on any atom is 0.188 e. The van der Waals surface area contributed by atoms with Gasteiger partial charge < -0.3 is 14.6 Å². The molecule has 130 valence electrons. The molecule has 0 unspecified atom stereocenters. The van der Waals surface area contributed by atoms with Crippen molar-refractivity contribution in [3.05, 3.63) is 56.6 Å². The van der Waals surface area contributed by atoms with E-state index in [-0.39, 0.29) is 6.79 Å². The minimum absolute atomic E-state index is 0.252. The Balaban J connectivity index is 2.37. The lowest BCUT2D eigenvalue weighted by Gasteiger charge is -2.17.